The predicted octanol–water partition coefficient (Wildman–Crippen LogP) is 5.77. The minimum Gasteiger partial charge on any atom is -0.463 e. The first-order valence-corrected chi connectivity index (χ1v) is 15.0. The summed E-state index contributed by atoms with van der Waals surface area (Å²) < 4.78 is 40.0. The van der Waals surface area contributed by atoms with Crippen molar-refractivity contribution in [3.8, 4) is 23.2 Å². The average Bonchev–Trinajstić information content (AvgIpc) is 3.62. The molecule has 2 aromatic heterocycles. The van der Waals surface area contributed by atoms with Crippen molar-refractivity contribution >= 4 is 62.5 Å². The largest absolute Gasteiger partial charge is 0.463 e. The molecule has 0 bridgehead atoms. The van der Waals surface area contributed by atoms with Crippen molar-refractivity contribution in [2.45, 2.75) is 31.1 Å². The summed E-state index contributed by atoms with van der Waals surface area (Å²) in [6, 6.07) is 8.23. The number of furan rings is 1. The number of nitrogens with two attached hydrogens (primary N) is 1. The molecular formula is C31H29Cl2F2N7O3. The fourth-order valence-corrected chi connectivity index (χ4v) is 6.59. The fourth-order valence-electron chi connectivity index (χ4n) is 6.15. The molecule has 45 heavy (non-hydrogen) atoms. The number of alkyl halides is 1. The molecule has 0 aliphatic carbocycles. The molecule has 0 spiro atoms. The van der Waals surface area contributed by atoms with Gasteiger partial charge in [-0.1, -0.05) is 29.8 Å². The molecule has 2 aromatic carbocycles. The number of likely N-dealkylation sites (N-methyl/N-ethyl adjacent to an activating group) is 1. The van der Waals surface area contributed by atoms with Crippen LogP contribution in [0.5, 0.6) is 6.01 Å². The van der Waals surface area contributed by atoms with E-state index in [0.717, 1.165) is 0 Å². The Morgan fingerprint density at radius 1 is 1.22 bits per heavy atom. The van der Waals surface area contributed by atoms with Crippen molar-refractivity contribution in [3.63, 3.8) is 0 Å². The predicted molar refractivity (Wildman–Crippen MR) is 169 cm³/mol. The third-order valence-electron chi connectivity index (χ3n) is 8.35. The molecule has 2 saturated heterocycles. The first-order chi connectivity index (χ1) is 21.5. The van der Waals surface area contributed by atoms with Crippen molar-refractivity contribution in [1.29, 1.82) is 5.26 Å². The van der Waals surface area contributed by atoms with Crippen molar-refractivity contribution < 1.29 is 22.7 Å². The van der Waals surface area contributed by atoms with Gasteiger partial charge in [-0.2, -0.15) is 15.2 Å². The molecule has 0 saturated carbocycles. The lowest BCUT2D eigenvalue weighted by Crippen LogP contribution is -2.55. The zero-order valence-electron chi connectivity index (χ0n) is 24.3. The average molecular weight is 657 g/mol. The second-order valence-electron chi connectivity index (χ2n) is 11.3. The van der Waals surface area contributed by atoms with Crippen molar-refractivity contribution in [1.82, 2.24) is 19.8 Å². The summed E-state index contributed by atoms with van der Waals surface area (Å²) in [7, 11) is 1.84. The maximum atomic E-state index is 14.1. The molecule has 2 N–H and O–H groups in total. The van der Waals surface area contributed by atoms with Crippen LogP contribution in [0.15, 0.2) is 47.4 Å². The van der Waals surface area contributed by atoms with Crippen LogP contribution in [0.25, 0.3) is 33.0 Å². The van der Waals surface area contributed by atoms with E-state index in [1.165, 1.54) is 11.2 Å². The SMILES string of the molecule is C=C(F)C(=O)N1CCN(c2nc(OC[C@@H]3C[C@@H](F)CN3C)nc3cc(-c4cc(N)cc(Cl)c4Cl)c4ccoc4c23)C[C@@H]1CC#N. The van der Waals surface area contributed by atoms with Gasteiger partial charge in [-0.25, -0.2) is 8.78 Å². The second kappa shape index (κ2) is 12.3. The lowest BCUT2D eigenvalue weighted by molar-refractivity contribution is -0.131. The van der Waals surface area contributed by atoms with Gasteiger partial charge < -0.3 is 24.7 Å². The summed E-state index contributed by atoms with van der Waals surface area (Å²) in [4.78, 5) is 27.2. The van der Waals surface area contributed by atoms with Gasteiger partial charge in [-0.05, 0) is 43.3 Å². The van der Waals surface area contributed by atoms with Gasteiger partial charge >= 0.3 is 6.01 Å². The Kier molecular flexibility index (Phi) is 8.43. The van der Waals surface area contributed by atoms with Crippen LogP contribution in [0.2, 0.25) is 10.0 Å². The zero-order chi connectivity index (χ0) is 32.0. The number of benzene rings is 2. The molecular weight excluding hydrogens is 627 g/mol. The number of carbonyl (C=O) groups excluding carboxylic acids is 1. The van der Waals surface area contributed by atoms with Gasteiger partial charge in [-0.15, -0.1) is 0 Å². The van der Waals surface area contributed by atoms with Gasteiger partial charge in [-0.3, -0.25) is 9.69 Å². The number of nitrogen functional groups attached to an aromatic ring is 1. The minimum atomic E-state index is -1.09. The molecule has 0 radical (unpaired) electrons. The quantitative estimate of drug-likeness (QED) is 0.195. The van der Waals surface area contributed by atoms with Gasteiger partial charge in [0.15, 0.2) is 5.83 Å². The topological polar surface area (TPSA) is 125 Å². The lowest BCUT2D eigenvalue weighted by atomic mass is 9.98. The Morgan fingerprint density at radius 2 is 2.02 bits per heavy atom. The number of likely N-dealkylation sites (tertiary alicyclic amines) is 1. The number of aromatic nitrogens is 2. The number of hydrogen-bond donors (Lipinski definition) is 1. The van der Waals surface area contributed by atoms with E-state index in [1.807, 2.05) is 22.9 Å². The van der Waals surface area contributed by atoms with Crippen LogP contribution in [0.3, 0.4) is 0 Å². The van der Waals surface area contributed by atoms with E-state index in [1.54, 1.807) is 18.2 Å². The molecule has 234 valence electrons. The number of nitriles is 1. The number of rotatable bonds is 7. The number of hydrogen-bond acceptors (Lipinski definition) is 9. The Labute approximate surface area is 267 Å². The highest BCUT2D eigenvalue weighted by atomic mass is 35.5. The van der Waals surface area contributed by atoms with Crippen LogP contribution >= 0.6 is 23.2 Å². The summed E-state index contributed by atoms with van der Waals surface area (Å²) in [5.41, 5.74) is 8.70. The Bertz CT molecular complexity index is 1860. The third-order valence-corrected chi connectivity index (χ3v) is 9.15. The van der Waals surface area contributed by atoms with Gasteiger partial charge in [0, 0.05) is 48.9 Å². The number of nitrogens with zero attached hydrogens (tertiary/aromatic N) is 6. The number of fused-ring (bicyclic) bond motifs is 3. The molecule has 3 atom stereocenters. The molecule has 2 aliphatic rings. The number of anilines is 2. The molecule has 4 aromatic rings. The highest BCUT2D eigenvalue weighted by molar-refractivity contribution is 6.44. The summed E-state index contributed by atoms with van der Waals surface area (Å²) in [6.45, 7) is 4.18. The van der Waals surface area contributed by atoms with Gasteiger partial charge in [0.2, 0.25) is 0 Å². The maximum Gasteiger partial charge on any atom is 0.319 e. The molecule has 14 heteroatoms. The van der Waals surface area contributed by atoms with Crippen molar-refractivity contribution in [3.05, 3.63) is 53.0 Å². The lowest BCUT2D eigenvalue weighted by Gasteiger charge is -2.41. The van der Waals surface area contributed by atoms with Crippen LogP contribution in [0.1, 0.15) is 12.8 Å². The van der Waals surface area contributed by atoms with E-state index in [9.17, 15) is 18.8 Å². The number of piperazine rings is 1. The summed E-state index contributed by atoms with van der Waals surface area (Å²) in [5.74, 6) is -1.50. The number of amides is 1. The van der Waals surface area contributed by atoms with Crippen LogP contribution in [0.4, 0.5) is 20.3 Å². The van der Waals surface area contributed by atoms with Gasteiger partial charge in [0.1, 0.15) is 24.2 Å². The molecule has 10 nitrogen and oxygen atoms in total. The monoisotopic (exact) mass is 655 g/mol. The minimum absolute atomic E-state index is 0.0324. The van der Waals surface area contributed by atoms with Gasteiger partial charge in [0.05, 0.1) is 45.7 Å². The van der Waals surface area contributed by atoms with E-state index in [-0.39, 0.29) is 49.7 Å². The van der Waals surface area contributed by atoms with Crippen molar-refractivity contribution in [2.75, 3.05) is 50.5 Å². The van der Waals surface area contributed by atoms with E-state index in [0.29, 0.717) is 62.5 Å². The standard InChI is InChI=1S/C31H29Cl2F2N7O3/c1-16(34)30(43)42-7-6-41(14-19(42)3-5-36)29-26-25(38-31(39-29)45-15-20-9-17(35)13-40(20)2)12-22(21-4-8-44-28(21)26)23-10-18(37)11-24(32)27(23)33/h4,8,10-12,17,19-20H,1,3,6-7,9,13-15,37H2,2H3/t17-,19+,20+/m1/s1. The number of ether oxygens (including phenoxy) is 1. The van der Waals surface area contributed by atoms with Crippen LogP contribution in [-0.2, 0) is 4.79 Å². The Hall–Kier alpha value is -4.18. The highest BCUT2D eigenvalue weighted by Crippen LogP contribution is 2.44. The number of carbonyl (C=O) groups is 1. The summed E-state index contributed by atoms with van der Waals surface area (Å²) in [6.07, 6.45) is 0.886. The molecule has 1 amide bonds. The molecule has 2 aliphatic heterocycles. The summed E-state index contributed by atoms with van der Waals surface area (Å²) >= 11 is 13.0. The van der Waals surface area contributed by atoms with Gasteiger partial charge in [0.25, 0.3) is 5.91 Å². The highest BCUT2D eigenvalue weighted by Gasteiger charge is 2.34. The molecule has 4 heterocycles. The fraction of sp³-hybridized carbons (Fsp3) is 0.355. The summed E-state index contributed by atoms with van der Waals surface area (Å²) in [5, 5.41) is 11.4. The molecule has 0 unspecified atom stereocenters. The number of halogens is 4. The molecule has 2 fully saturated rings. The zero-order valence-corrected chi connectivity index (χ0v) is 25.8. The second-order valence-corrected chi connectivity index (χ2v) is 12.1. The molecule has 6 rings (SSSR count). The van der Waals surface area contributed by atoms with Crippen LogP contribution in [0, 0.1) is 11.3 Å². The first kappa shape index (κ1) is 30.8. The van der Waals surface area contributed by atoms with E-state index in [2.05, 4.69) is 12.6 Å². The smallest absolute Gasteiger partial charge is 0.319 e. The van der Waals surface area contributed by atoms with E-state index in [4.69, 9.17) is 48.1 Å². The normalized spacial score (nSPS) is 20.6. The first-order valence-electron chi connectivity index (χ1n) is 14.3. The Morgan fingerprint density at radius 3 is 2.73 bits per heavy atom. The third kappa shape index (κ3) is 5.83. The van der Waals surface area contributed by atoms with Crippen molar-refractivity contribution in [2.24, 2.45) is 0 Å². The van der Waals surface area contributed by atoms with E-state index < -0.39 is 23.9 Å². The Balaban J connectivity index is 1.49. The maximum absolute atomic E-state index is 14.1. The van der Waals surface area contributed by atoms with Crippen LogP contribution in [-0.4, -0.2) is 83.8 Å². The van der Waals surface area contributed by atoms with E-state index >= 15 is 0 Å². The van der Waals surface area contributed by atoms with Crippen LogP contribution < -0.4 is 15.4 Å².